The summed E-state index contributed by atoms with van der Waals surface area (Å²) in [6.45, 7) is 5.49. The zero-order chi connectivity index (χ0) is 6.36. The third-order valence-electron chi connectivity index (χ3n) is 1.41. The van der Waals surface area contributed by atoms with Crippen LogP contribution in [0.1, 0.15) is 20.8 Å². The van der Waals surface area contributed by atoms with Crippen LogP contribution in [0.2, 0.25) is 0 Å². The summed E-state index contributed by atoms with van der Waals surface area (Å²) in [4.78, 5) is 0. The number of rotatable bonds is 1. The van der Waals surface area contributed by atoms with Gasteiger partial charge in [0.05, 0.1) is 11.7 Å². The molecule has 1 rings (SSSR count). The Balaban J connectivity index is 2.39. The van der Waals surface area contributed by atoms with Crippen LogP contribution in [-0.2, 0) is 4.74 Å². The minimum Gasteiger partial charge on any atom is -0.388 e. The molecule has 1 aliphatic rings. The van der Waals surface area contributed by atoms with Gasteiger partial charge in [-0.2, -0.15) is 0 Å². The Hall–Kier alpha value is -0.0800. The Morgan fingerprint density at radius 1 is 1.50 bits per heavy atom. The molecule has 0 amide bonds. The monoisotopic (exact) mass is 116 g/mol. The summed E-state index contributed by atoms with van der Waals surface area (Å²) in [5.74, 6) is 0. The summed E-state index contributed by atoms with van der Waals surface area (Å²) in [6.07, 6.45) is 0.331. The maximum Gasteiger partial charge on any atom is 0.112 e. The summed E-state index contributed by atoms with van der Waals surface area (Å²) in [6, 6.07) is 0. The molecule has 2 nitrogen and oxygen atoms in total. The lowest BCUT2D eigenvalue weighted by Gasteiger charge is -2.12. The average molecular weight is 116 g/mol. The fourth-order valence-electron chi connectivity index (χ4n) is 0.927. The molecule has 0 aliphatic carbocycles. The van der Waals surface area contributed by atoms with Gasteiger partial charge in [-0.1, -0.05) is 0 Å². The predicted molar refractivity (Wildman–Crippen MR) is 30.6 cm³/mol. The van der Waals surface area contributed by atoms with E-state index in [1.165, 1.54) is 0 Å². The molecule has 0 bridgehead atoms. The van der Waals surface area contributed by atoms with Crippen molar-refractivity contribution >= 4 is 0 Å². The molecule has 1 N–H and O–H groups in total. The molecular formula is C6H12O2. The van der Waals surface area contributed by atoms with E-state index in [0.29, 0.717) is 0 Å². The van der Waals surface area contributed by atoms with Gasteiger partial charge in [0.2, 0.25) is 0 Å². The smallest absolute Gasteiger partial charge is 0.112 e. The highest BCUT2D eigenvalue weighted by Crippen LogP contribution is 2.31. The summed E-state index contributed by atoms with van der Waals surface area (Å²) < 4.78 is 5.03. The normalized spacial score (nSPS) is 37.5. The standard InChI is InChI=1S/C6H12O2/c1-4-5(8-4)6(2,3)7/h4-5,7H,1-3H3/t4-,5+/m0/s1. The minimum atomic E-state index is -0.639. The second-order valence-corrected chi connectivity index (χ2v) is 2.92. The highest BCUT2D eigenvalue weighted by atomic mass is 16.6. The van der Waals surface area contributed by atoms with E-state index < -0.39 is 5.60 Å². The van der Waals surface area contributed by atoms with Crippen molar-refractivity contribution in [2.45, 2.75) is 38.6 Å². The zero-order valence-electron chi connectivity index (χ0n) is 5.51. The molecule has 2 atom stereocenters. The largest absolute Gasteiger partial charge is 0.388 e. The van der Waals surface area contributed by atoms with Gasteiger partial charge in [0.15, 0.2) is 0 Å². The molecule has 0 radical (unpaired) electrons. The second kappa shape index (κ2) is 1.45. The van der Waals surface area contributed by atoms with Gasteiger partial charge in [-0.05, 0) is 20.8 Å². The molecule has 0 unspecified atom stereocenters. The van der Waals surface area contributed by atoms with Gasteiger partial charge in [0, 0.05) is 0 Å². The Bertz CT molecular complexity index is 93.2. The van der Waals surface area contributed by atoms with Crippen molar-refractivity contribution in [2.24, 2.45) is 0 Å². The quantitative estimate of drug-likeness (QED) is 0.507. The fraction of sp³-hybridized carbons (Fsp3) is 1.00. The summed E-state index contributed by atoms with van der Waals surface area (Å²) in [5, 5.41) is 9.20. The first-order chi connectivity index (χ1) is 3.52. The van der Waals surface area contributed by atoms with Gasteiger partial charge >= 0.3 is 0 Å². The zero-order valence-corrected chi connectivity index (χ0v) is 5.51. The van der Waals surface area contributed by atoms with Crippen LogP contribution in [0.3, 0.4) is 0 Å². The van der Waals surface area contributed by atoms with Gasteiger partial charge < -0.3 is 9.84 Å². The summed E-state index contributed by atoms with van der Waals surface area (Å²) in [7, 11) is 0. The van der Waals surface area contributed by atoms with Crippen molar-refractivity contribution in [1.29, 1.82) is 0 Å². The van der Waals surface area contributed by atoms with E-state index in [1.54, 1.807) is 13.8 Å². The lowest BCUT2D eigenvalue weighted by Crippen LogP contribution is -2.27. The van der Waals surface area contributed by atoms with Crippen LogP contribution in [0.5, 0.6) is 0 Å². The Labute approximate surface area is 49.5 Å². The molecule has 1 fully saturated rings. The summed E-state index contributed by atoms with van der Waals surface area (Å²) in [5.41, 5.74) is -0.639. The highest BCUT2D eigenvalue weighted by molar-refractivity contribution is 4.93. The topological polar surface area (TPSA) is 32.8 Å². The fourth-order valence-corrected chi connectivity index (χ4v) is 0.927. The van der Waals surface area contributed by atoms with Crippen LogP contribution < -0.4 is 0 Å². The lowest BCUT2D eigenvalue weighted by molar-refractivity contribution is 0.0482. The molecule has 0 spiro atoms. The molecule has 2 heteroatoms. The van der Waals surface area contributed by atoms with E-state index in [9.17, 15) is 5.11 Å². The van der Waals surface area contributed by atoms with Gasteiger partial charge in [-0.15, -0.1) is 0 Å². The van der Waals surface area contributed by atoms with E-state index in [-0.39, 0.29) is 12.2 Å². The minimum absolute atomic E-state index is 0.0718. The Morgan fingerprint density at radius 3 is 1.88 bits per heavy atom. The Morgan fingerprint density at radius 2 is 1.88 bits per heavy atom. The van der Waals surface area contributed by atoms with Crippen LogP contribution in [0.25, 0.3) is 0 Å². The third kappa shape index (κ3) is 1.01. The van der Waals surface area contributed by atoms with E-state index in [2.05, 4.69) is 0 Å². The molecule has 0 aromatic heterocycles. The van der Waals surface area contributed by atoms with Gasteiger partial charge in [0.1, 0.15) is 6.10 Å². The Kier molecular flexibility index (Phi) is 1.10. The number of ether oxygens (including phenoxy) is 1. The molecular weight excluding hydrogens is 104 g/mol. The van der Waals surface area contributed by atoms with E-state index >= 15 is 0 Å². The lowest BCUT2D eigenvalue weighted by atomic mass is 10.0. The van der Waals surface area contributed by atoms with E-state index in [4.69, 9.17) is 4.74 Å². The molecule has 0 aromatic carbocycles. The van der Waals surface area contributed by atoms with E-state index in [1.807, 2.05) is 6.92 Å². The molecule has 1 aliphatic heterocycles. The highest BCUT2D eigenvalue weighted by Gasteiger charge is 2.45. The van der Waals surface area contributed by atoms with Crippen LogP contribution in [-0.4, -0.2) is 22.9 Å². The molecule has 1 heterocycles. The number of hydrogen-bond donors (Lipinski definition) is 1. The molecule has 1 saturated heterocycles. The van der Waals surface area contributed by atoms with Crippen LogP contribution >= 0.6 is 0 Å². The first kappa shape index (κ1) is 6.05. The van der Waals surface area contributed by atoms with Gasteiger partial charge in [-0.25, -0.2) is 0 Å². The van der Waals surface area contributed by atoms with E-state index in [0.717, 1.165) is 0 Å². The molecule has 8 heavy (non-hydrogen) atoms. The SMILES string of the molecule is C[C@@H]1O[C@H]1C(C)(C)O. The van der Waals surface area contributed by atoms with Crippen molar-refractivity contribution in [3.05, 3.63) is 0 Å². The number of aliphatic hydroxyl groups is 1. The first-order valence-electron chi connectivity index (χ1n) is 2.89. The predicted octanol–water partition coefficient (Wildman–Crippen LogP) is 0.545. The molecule has 0 aromatic rings. The average Bonchev–Trinajstić information content (AvgIpc) is 2.13. The van der Waals surface area contributed by atoms with Gasteiger partial charge in [-0.3, -0.25) is 0 Å². The van der Waals surface area contributed by atoms with Crippen molar-refractivity contribution in [2.75, 3.05) is 0 Å². The van der Waals surface area contributed by atoms with Gasteiger partial charge in [0.25, 0.3) is 0 Å². The van der Waals surface area contributed by atoms with Crippen LogP contribution in [0.15, 0.2) is 0 Å². The van der Waals surface area contributed by atoms with Crippen molar-refractivity contribution in [3.63, 3.8) is 0 Å². The molecule has 48 valence electrons. The number of hydrogen-bond acceptors (Lipinski definition) is 2. The van der Waals surface area contributed by atoms with Crippen LogP contribution in [0.4, 0.5) is 0 Å². The van der Waals surface area contributed by atoms with Crippen molar-refractivity contribution in [1.82, 2.24) is 0 Å². The number of epoxide rings is 1. The van der Waals surface area contributed by atoms with Crippen molar-refractivity contribution in [3.8, 4) is 0 Å². The van der Waals surface area contributed by atoms with Crippen molar-refractivity contribution < 1.29 is 9.84 Å². The second-order valence-electron chi connectivity index (χ2n) is 2.92. The summed E-state index contributed by atoms with van der Waals surface area (Å²) >= 11 is 0. The third-order valence-corrected chi connectivity index (χ3v) is 1.41. The maximum atomic E-state index is 9.20. The molecule has 0 saturated carbocycles. The maximum absolute atomic E-state index is 9.20. The van der Waals surface area contributed by atoms with Crippen LogP contribution in [0, 0.1) is 0 Å². The first-order valence-corrected chi connectivity index (χ1v) is 2.89.